The van der Waals surface area contributed by atoms with Gasteiger partial charge in [-0.1, -0.05) is 48.0 Å². The third kappa shape index (κ3) is 4.17. The van der Waals surface area contributed by atoms with Gasteiger partial charge in [0, 0.05) is 16.1 Å². The highest BCUT2D eigenvalue weighted by atomic mass is 35.5. The number of rotatable bonds is 5. The van der Waals surface area contributed by atoms with E-state index in [0.29, 0.717) is 10.6 Å². The molecule has 0 saturated heterocycles. The topological polar surface area (TPSA) is 87.0 Å². The first kappa shape index (κ1) is 18.6. The average Bonchev–Trinajstić information content (AvgIpc) is 2.69. The molecule has 0 atom stereocenters. The zero-order valence-electron chi connectivity index (χ0n) is 13.9. The standard InChI is InChI=1S/C20H13ClN2O3S/c21-16-9-10-19(18(12-16)20(24)15-6-2-1-3-7-15)23-27(25,26)17-8-4-5-14(11-17)13-22/h1-12,23H. The minimum absolute atomic E-state index is 0.0744. The SMILES string of the molecule is N#Cc1cccc(S(=O)(=O)Nc2ccc(Cl)cc2C(=O)c2ccccc2)c1. The average molecular weight is 397 g/mol. The second-order valence-electron chi connectivity index (χ2n) is 5.63. The number of halogens is 1. The first-order chi connectivity index (χ1) is 12.9. The highest BCUT2D eigenvalue weighted by Gasteiger charge is 2.20. The zero-order valence-corrected chi connectivity index (χ0v) is 15.5. The number of hydrogen-bond donors (Lipinski definition) is 1. The number of nitrogens with zero attached hydrogens (tertiary/aromatic N) is 1. The number of carbonyl (C=O) groups is 1. The molecule has 0 aliphatic carbocycles. The lowest BCUT2D eigenvalue weighted by Crippen LogP contribution is -2.16. The Morgan fingerprint density at radius 3 is 2.41 bits per heavy atom. The fourth-order valence-corrected chi connectivity index (χ4v) is 3.77. The smallest absolute Gasteiger partial charge is 0.261 e. The van der Waals surface area contributed by atoms with Crippen LogP contribution in [0.15, 0.2) is 77.7 Å². The van der Waals surface area contributed by atoms with Crippen molar-refractivity contribution in [3.05, 3.63) is 94.5 Å². The molecule has 0 fully saturated rings. The number of nitrogens with one attached hydrogen (secondary N) is 1. The van der Waals surface area contributed by atoms with Gasteiger partial charge in [0.15, 0.2) is 5.78 Å². The van der Waals surface area contributed by atoms with Crippen LogP contribution >= 0.6 is 11.6 Å². The summed E-state index contributed by atoms with van der Waals surface area (Å²) in [5.41, 5.74) is 0.866. The minimum Gasteiger partial charge on any atom is -0.289 e. The predicted molar refractivity (Wildman–Crippen MR) is 103 cm³/mol. The predicted octanol–water partition coefficient (Wildman–Crippen LogP) is 4.24. The lowest BCUT2D eigenvalue weighted by atomic mass is 10.0. The number of benzene rings is 3. The molecular formula is C20H13ClN2O3S. The lowest BCUT2D eigenvalue weighted by Gasteiger charge is -2.13. The van der Waals surface area contributed by atoms with Gasteiger partial charge < -0.3 is 0 Å². The first-order valence-electron chi connectivity index (χ1n) is 7.83. The molecule has 5 nitrogen and oxygen atoms in total. The van der Waals surface area contributed by atoms with Crippen molar-refractivity contribution in [2.45, 2.75) is 4.90 Å². The molecule has 0 saturated carbocycles. The summed E-state index contributed by atoms with van der Waals surface area (Å²) in [6.45, 7) is 0. The molecule has 0 bridgehead atoms. The van der Waals surface area contributed by atoms with Gasteiger partial charge in [0.2, 0.25) is 0 Å². The van der Waals surface area contributed by atoms with Gasteiger partial charge in [-0.2, -0.15) is 5.26 Å². The highest BCUT2D eigenvalue weighted by Crippen LogP contribution is 2.26. The van der Waals surface area contributed by atoms with Crippen LogP contribution in [0, 0.1) is 11.3 Å². The Morgan fingerprint density at radius 2 is 1.70 bits per heavy atom. The van der Waals surface area contributed by atoms with Gasteiger partial charge in [0.25, 0.3) is 10.0 Å². The summed E-state index contributed by atoms with van der Waals surface area (Å²) in [6.07, 6.45) is 0. The number of nitriles is 1. The van der Waals surface area contributed by atoms with Gasteiger partial charge in [-0.3, -0.25) is 9.52 Å². The summed E-state index contributed by atoms with van der Waals surface area (Å²) >= 11 is 6.01. The van der Waals surface area contributed by atoms with Crippen LogP contribution in [-0.4, -0.2) is 14.2 Å². The van der Waals surface area contributed by atoms with E-state index in [0.717, 1.165) is 0 Å². The van der Waals surface area contributed by atoms with Gasteiger partial charge in [0.05, 0.1) is 22.2 Å². The third-order valence-electron chi connectivity index (χ3n) is 3.78. The molecule has 0 spiro atoms. The Hall–Kier alpha value is -3.14. The van der Waals surface area contributed by atoms with Gasteiger partial charge in [-0.05, 0) is 36.4 Å². The van der Waals surface area contributed by atoms with Crippen molar-refractivity contribution in [3.63, 3.8) is 0 Å². The highest BCUT2D eigenvalue weighted by molar-refractivity contribution is 7.92. The summed E-state index contributed by atoms with van der Waals surface area (Å²) < 4.78 is 27.8. The lowest BCUT2D eigenvalue weighted by molar-refractivity contribution is 0.103. The second-order valence-corrected chi connectivity index (χ2v) is 7.75. The maximum Gasteiger partial charge on any atom is 0.261 e. The molecule has 0 aliphatic heterocycles. The maximum absolute atomic E-state index is 12.8. The fourth-order valence-electron chi connectivity index (χ4n) is 2.47. The van der Waals surface area contributed by atoms with Crippen molar-refractivity contribution in [3.8, 4) is 6.07 Å². The first-order valence-corrected chi connectivity index (χ1v) is 9.69. The molecule has 0 aromatic heterocycles. The van der Waals surface area contributed by atoms with Gasteiger partial charge in [0.1, 0.15) is 0 Å². The molecule has 3 rings (SSSR count). The van der Waals surface area contributed by atoms with E-state index in [4.69, 9.17) is 16.9 Å². The van der Waals surface area contributed by atoms with Gasteiger partial charge >= 0.3 is 0 Å². The van der Waals surface area contributed by atoms with Crippen molar-refractivity contribution in [1.82, 2.24) is 0 Å². The molecular weight excluding hydrogens is 384 g/mol. The second kappa shape index (κ2) is 7.62. The Morgan fingerprint density at radius 1 is 0.963 bits per heavy atom. The molecule has 7 heteroatoms. The summed E-state index contributed by atoms with van der Waals surface area (Å²) in [5, 5.41) is 9.28. The molecule has 0 unspecified atom stereocenters. The summed E-state index contributed by atoms with van der Waals surface area (Å²) in [7, 11) is -3.99. The van der Waals surface area contributed by atoms with E-state index >= 15 is 0 Å². The van der Waals surface area contributed by atoms with Crippen LogP contribution < -0.4 is 4.72 Å². The van der Waals surface area contributed by atoms with E-state index in [9.17, 15) is 13.2 Å². The molecule has 0 heterocycles. The van der Waals surface area contributed by atoms with E-state index in [1.54, 1.807) is 30.3 Å². The van der Waals surface area contributed by atoms with Gasteiger partial charge in [-0.25, -0.2) is 8.42 Å². The van der Waals surface area contributed by atoms with Crippen molar-refractivity contribution < 1.29 is 13.2 Å². The van der Waals surface area contributed by atoms with Crippen LogP contribution in [0.3, 0.4) is 0 Å². The maximum atomic E-state index is 12.8. The molecule has 134 valence electrons. The number of ketones is 1. The number of carbonyl (C=O) groups excluding carboxylic acids is 1. The molecule has 0 radical (unpaired) electrons. The molecule has 0 amide bonds. The summed E-state index contributed by atoms with van der Waals surface area (Å²) in [4.78, 5) is 12.7. The number of sulfonamides is 1. The van der Waals surface area contributed by atoms with Crippen LogP contribution in [0.1, 0.15) is 21.5 Å². The summed E-state index contributed by atoms with van der Waals surface area (Å²) in [6, 6.07) is 20.3. The Balaban J connectivity index is 2.02. The Bertz CT molecular complexity index is 1150. The minimum atomic E-state index is -3.99. The molecule has 1 N–H and O–H groups in total. The molecule has 3 aromatic rings. The van der Waals surface area contributed by atoms with Crippen LogP contribution in [-0.2, 0) is 10.0 Å². The zero-order chi connectivity index (χ0) is 19.4. The van der Waals surface area contributed by atoms with Crippen molar-refractivity contribution >= 4 is 33.1 Å². The monoisotopic (exact) mass is 396 g/mol. The normalized spacial score (nSPS) is 10.8. The Labute approximate surface area is 161 Å². The largest absolute Gasteiger partial charge is 0.289 e. The van der Waals surface area contributed by atoms with Gasteiger partial charge in [-0.15, -0.1) is 0 Å². The van der Waals surface area contributed by atoms with Crippen LogP contribution in [0.5, 0.6) is 0 Å². The summed E-state index contributed by atoms with van der Waals surface area (Å²) in [5.74, 6) is -0.360. The van der Waals surface area contributed by atoms with Crippen molar-refractivity contribution in [2.75, 3.05) is 4.72 Å². The number of hydrogen-bond acceptors (Lipinski definition) is 4. The quantitative estimate of drug-likeness (QED) is 0.653. The fraction of sp³-hybridized carbons (Fsp3) is 0. The molecule has 0 aliphatic rings. The van der Waals surface area contributed by atoms with Crippen LogP contribution in [0.2, 0.25) is 5.02 Å². The van der Waals surface area contributed by atoms with E-state index in [1.807, 2.05) is 6.07 Å². The third-order valence-corrected chi connectivity index (χ3v) is 5.38. The Kier molecular flexibility index (Phi) is 5.26. The van der Waals surface area contributed by atoms with Crippen molar-refractivity contribution in [2.24, 2.45) is 0 Å². The van der Waals surface area contributed by atoms with Crippen molar-refractivity contribution in [1.29, 1.82) is 5.26 Å². The van der Waals surface area contributed by atoms with E-state index < -0.39 is 10.0 Å². The van der Waals surface area contributed by atoms with E-state index in [-0.39, 0.29) is 27.5 Å². The van der Waals surface area contributed by atoms with Crippen LogP contribution in [0.25, 0.3) is 0 Å². The molecule has 27 heavy (non-hydrogen) atoms. The molecule has 3 aromatic carbocycles. The number of anilines is 1. The van der Waals surface area contributed by atoms with E-state index in [2.05, 4.69) is 4.72 Å². The van der Waals surface area contributed by atoms with Crippen LogP contribution in [0.4, 0.5) is 5.69 Å². The van der Waals surface area contributed by atoms with E-state index in [1.165, 1.54) is 42.5 Å².